The lowest BCUT2D eigenvalue weighted by Gasteiger charge is -1.98. The summed E-state index contributed by atoms with van der Waals surface area (Å²) in [5, 5.41) is 8.75. The Labute approximate surface area is 79.6 Å². The van der Waals surface area contributed by atoms with E-state index in [9.17, 15) is 9.59 Å². The first-order valence-corrected chi connectivity index (χ1v) is 4.03. The third-order valence-corrected chi connectivity index (χ3v) is 1.91. The van der Waals surface area contributed by atoms with Crippen molar-refractivity contribution in [1.82, 2.24) is 10.2 Å². The van der Waals surface area contributed by atoms with E-state index in [-0.39, 0.29) is 12.0 Å². The third kappa shape index (κ3) is 1.26. The van der Waals surface area contributed by atoms with E-state index >= 15 is 0 Å². The molecule has 14 heavy (non-hydrogen) atoms. The molecule has 68 valence electrons. The number of carbonyl (C=O) groups is 2. The molecule has 2 aromatic rings. The summed E-state index contributed by atoms with van der Waals surface area (Å²) in [5.74, 6) is -0.644. The summed E-state index contributed by atoms with van der Waals surface area (Å²) >= 11 is 0. The van der Waals surface area contributed by atoms with Crippen LogP contribution in [-0.4, -0.2) is 22.3 Å². The molecule has 0 amide bonds. The lowest BCUT2D eigenvalue weighted by Crippen LogP contribution is -2.05. The van der Waals surface area contributed by atoms with E-state index in [4.69, 9.17) is 0 Å². The number of hydrogen-bond donors (Lipinski definition) is 0. The molecule has 2 rings (SSSR count). The number of nitrogens with zero attached hydrogens (tertiary/aromatic N) is 2. The fourth-order valence-electron chi connectivity index (χ4n) is 1.27. The summed E-state index contributed by atoms with van der Waals surface area (Å²) in [7, 11) is 0. The van der Waals surface area contributed by atoms with Crippen LogP contribution in [0.3, 0.4) is 0 Å². The van der Waals surface area contributed by atoms with Gasteiger partial charge in [0.05, 0.1) is 6.20 Å². The highest BCUT2D eigenvalue weighted by molar-refractivity contribution is 6.35. The molecule has 1 aromatic carbocycles. The molecule has 0 radical (unpaired) electrons. The summed E-state index contributed by atoms with van der Waals surface area (Å²) in [6.07, 6.45) is 1.80. The number of carbonyl (C=O) groups excluding carboxylic acids is 2. The standard InChI is InChI=1S/C10H6N2O2/c13-6-9(14)10-8-4-2-1-3-7(8)5-11-12-10/h1-6H. The molecule has 1 heterocycles. The predicted octanol–water partition coefficient (Wildman–Crippen LogP) is 1.01. The summed E-state index contributed by atoms with van der Waals surface area (Å²) in [6, 6.07) is 7.16. The summed E-state index contributed by atoms with van der Waals surface area (Å²) in [4.78, 5) is 21.5. The Hall–Kier alpha value is -2.10. The number of ketones is 1. The number of hydrogen-bond acceptors (Lipinski definition) is 4. The maximum atomic E-state index is 11.2. The maximum Gasteiger partial charge on any atom is 0.246 e. The molecule has 0 saturated carbocycles. The van der Waals surface area contributed by atoms with Crippen LogP contribution in [0.15, 0.2) is 30.5 Å². The second-order valence-corrected chi connectivity index (χ2v) is 2.76. The first-order valence-electron chi connectivity index (χ1n) is 4.03. The molecular weight excluding hydrogens is 180 g/mol. The van der Waals surface area contributed by atoms with Crippen LogP contribution in [0.4, 0.5) is 0 Å². The van der Waals surface area contributed by atoms with Gasteiger partial charge in [0.1, 0.15) is 5.69 Å². The van der Waals surface area contributed by atoms with E-state index in [1.807, 2.05) is 12.1 Å². The van der Waals surface area contributed by atoms with Gasteiger partial charge in [0.25, 0.3) is 0 Å². The van der Waals surface area contributed by atoms with Crippen molar-refractivity contribution >= 4 is 22.8 Å². The first-order chi connectivity index (χ1) is 6.83. The summed E-state index contributed by atoms with van der Waals surface area (Å²) in [6.45, 7) is 0. The Morgan fingerprint density at radius 3 is 2.86 bits per heavy atom. The van der Waals surface area contributed by atoms with Gasteiger partial charge in [-0.25, -0.2) is 0 Å². The van der Waals surface area contributed by atoms with Gasteiger partial charge in [0, 0.05) is 10.8 Å². The van der Waals surface area contributed by atoms with E-state index in [2.05, 4.69) is 10.2 Å². The molecule has 0 aliphatic heterocycles. The zero-order valence-corrected chi connectivity index (χ0v) is 7.18. The molecule has 4 nitrogen and oxygen atoms in total. The zero-order valence-electron chi connectivity index (χ0n) is 7.18. The minimum atomic E-state index is -0.644. The van der Waals surface area contributed by atoms with Gasteiger partial charge in [-0.2, -0.15) is 5.10 Å². The van der Waals surface area contributed by atoms with E-state index in [0.29, 0.717) is 5.39 Å². The lowest BCUT2D eigenvalue weighted by atomic mass is 10.1. The molecule has 4 heteroatoms. The Morgan fingerprint density at radius 2 is 2.07 bits per heavy atom. The van der Waals surface area contributed by atoms with Gasteiger partial charge in [-0.1, -0.05) is 24.3 Å². The molecule has 0 bridgehead atoms. The van der Waals surface area contributed by atoms with E-state index in [1.54, 1.807) is 18.3 Å². The van der Waals surface area contributed by atoms with Crippen molar-refractivity contribution in [1.29, 1.82) is 0 Å². The molecule has 0 fully saturated rings. The number of Topliss-reactive ketones (excluding diaryl/α,β-unsaturated/α-hetero) is 1. The maximum absolute atomic E-state index is 11.2. The fraction of sp³-hybridized carbons (Fsp3) is 0. The van der Waals surface area contributed by atoms with Gasteiger partial charge in [0.2, 0.25) is 5.78 Å². The number of fused-ring (bicyclic) bond motifs is 1. The monoisotopic (exact) mass is 186 g/mol. The van der Waals surface area contributed by atoms with Crippen LogP contribution in [0.25, 0.3) is 10.8 Å². The van der Waals surface area contributed by atoms with Gasteiger partial charge in [-0.05, 0) is 0 Å². The molecule has 1 aromatic heterocycles. The Morgan fingerprint density at radius 1 is 1.29 bits per heavy atom. The quantitative estimate of drug-likeness (QED) is 0.399. The minimum absolute atomic E-state index is 0.109. The molecule has 0 aliphatic rings. The van der Waals surface area contributed by atoms with Crippen molar-refractivity contribution in [2.45, 2.75) is 0 Å². The molecular formula is C10H6N2O2. The van der Waals surface area contributed by atoms with Gasteiger partial charge >= 0.3 is 0 Å². The van der Waals surface area contributed by atoms with Crippen LogP contribution < -0.4 is 0 Å². The SMILES string of the molecule is O=CC(=O)c1nncc2ccccc12. The van der Waals surface area contributed by atoms with Crippen molar-refractivity contribution < 1.29 is 9.59 Å². The summed E-state index contributed by atoms with van der Waals surface area (Å²) in [5.41, 5.74) is 0.109. The Kier molecular flexibility index (Phi) is 2.02. The Balaban J connectivity index is 2.77. The second kappa shape index (κ2) is 3.33. The number of rotatable bonds is 2. The third-order valence-electron chi connectivity index (χ3n) is 1.91. The molecule has 0 unspecified atom stereocenters. The number of aromatic nitrogens is 2. The number of aldehydes is 1. The van der Waals surface area contributed by atoms with Crippen molar-refractivity contribution in [3.63, 3.8) is 0 Å². The summed E-state index contributed by atoms with van der Waals surface area (Å²) < 4.78 is 0. The highest BCUT2D eigenvalue weighted by atomic mass is 16.2. The average molecular weight is 186 g/mol. The van der Waals surface area contributed by atoms with Crippen LogP contribution >= 0.6 is 0 Å². The van der Waals surface area contributed by atoms with Gasteiger partial charge in [-0.15, -0.1) is 5.10 Å². The molecule has 0 aliphatic carbocycles. The first kappa shape index (κ1) is 8.50. The second-order valence-electron chi connectivity index (χ2n) is 2.76. The smallest absolute Gasteiger partial charge is 0.246 e. The topological polar surface area (TPSA) is 59.9 Å². The van der Waals surface area contributed by atoms with Crippen LogP contribution in [0.5, 0.6) is 0 Å². The molecule has 0 atom stereocenters. The lowest BCUT2D eigenvalue weighted by molar-refractivity contribution is -0.104. The van der Waals surface area contributed by atoms with Crippen LogP contribution in [0.2, 0.25) is 0 Å². The van der Waals surface area contributed by atoms with E-state index in [0.717, 1.165) is 5.39 Å². The van der Waals surface area contributed by atoms with Crippen LogP contribution in [-0.2, 0) is 4.79 Å². The number of benzene rings is 1. The van der Waals surface area contributed by atoms with Gasteiger partial charge in [0.15, 0.2) is 6.29 Å². The molecule has 0 saturated heterocycles. The average Bonchev–Trinajstić information content (AvgIpc) is 2.27. The zero-order chi connectivity index (χ0) is 9.97. The van der Waals surface area contributed by atoms with Gasteiger partial charge in [-0.3, -0.25) is 9.59 Å². The van der Waals surface area contributed by atoms with Crippen molar-refractivity contribution in [2.24, 2.45) is 0 Å². The van der Waals surface area contributed by atoms with E-state index in [1.165, 1.54) is 0 Å². The largest absolute Gasteiger partial charge is 0.294 e. The van der Waals surface area contributed by atoms with Gasteiger partial charge < -0.3 is 0 Å². The fourth-order valence-corrected chi connectivity index (χ4v) is 1.27. The van der Waals surface area contributed by atoms with Crippen molar-refractivity contribution in [3.8, 4) is 0 Å². The molecule has 0 spiro atoms. The minimum Gasteiger partial charge on any atom is -0.294 e. The predicted molar refractivity (Wildman–Crippen MR) is 49.9 cm³/mol. The van der Waals surface area contributed by atoms with E-state index < -0.39 is 5.78 Å². The highest BCUT2D eigenvalue weighted by Crippen LogP contribution is 2.14. The van der Waals surface area contributed by atoms with Crippen molar-refractivity contribution in [2.75, 3.05) is 0 Å². The molecule has 0 N–H and O–H groups in total. The van der Waals surface area contributed by atoms with Crippen LogP contribution in [0.1, 0.15) is 10.5 Å². The normalized spacial score (nSPS) is 10.0. The van der Waals surface area contributed by atoms with Crippen molar-refractivity contribution in [3.05, 3.63) is 36.2 Å². The Bertz CT molecular complexity index is 503. The highest BCUT2D eigenvalue weighted by Gasteiger charge is 2.10. The van der Waals surface area contributed by atoms with Crippen LogP contribution in [0, 0.1) is 0 Å².